The molecule has 1 unspecified atom stereocenters. The molecule has 0 heterocycles. The summed E-state index contributed by atoms with van der Waals surface area (Å²) in [4.78, 5) is 24.3. The number of rotatable bonds is 6. The summed E-state index contributed by atoms with van der Waals surface area (Å²) in [6, 6.07) is 16.7. The van der Waals surface area contributed by atoms with E-state index in [9.17, 15) is 9.59 Å². The van der Waals surface area contributed by atoms with Crippen LogP contribution >= 0.6 is 0 Å². The van der Waals surface area contributed by atoms with Crippen molar-refractivity contribution in [2.24, 2.45) is 5.73 Å². The average molecular weight is 325 g/mol. The molecule has 2 amide bonds. The Kier molecular flexibility index (Phi) is 5.71. The molecule has 5 nitrogen and oxygen atoms in total. The standard InChI is InChI=1S/C19H23N3O2/c1-3-14-8-7-11-16(12-14)22-17(23)13-21-18(24)19(2,20)15-9-5-4-6-10-15/h4-12H,3,13,20H2,1-2H3,(H,21,24)(H,22,23). The van der Waals surface area contributed by atoms with E-state index in [1.165, 1.54) is 0 Å². The van der Waals surface area contributed by atoms with Gasteiger partial charge in [0, 0.05) is 5.69 Å². The fraction of sp³-hybridized carbons (Fsp3) is 0.263. The number of nitrogens with two attached hydrogens (primary N) is 1. The third kappa shape index (κ3) is 4.43. The van der Waals surface area contributed by atoms with Crippen LogP contribution in [-0.2, 0) is 21.5 Å². The molecule has 4 N–H and O–H groups in total. The number of carbonyl (C=O) groups excluding carboxylic acids is 2. The molecule has 1 atom stereocenters. The molecule has 0 spiro atoms. The van der Waals surface area contributed by atoms with Crippen LogP contribution in [0.15, 0.2) is 54.6 Å². The van der Waals surface area contributed by atoms with E-state index in [1.807, 2.05) is 49.4 Å². The molecule has 24 heavy (non-hydrogen) atoms. The topological polar surface area (TPSA) is 84.2 Å². The lowest BCUT2D eigenvalue weighted by Crippen LogP contribution is -2.50. The van der Waals surface area contributed by atoms with Gasteiger partial charge in [-0.25, -0.2) is 0 Å². The van der Waals surface area contributed by atoms with Crippen LogP contribution in [0.5, 0.6) is 0 Å². The third-order valence-corrected chi connectivity index (χ3v) is 3.87. The van der Waals surface area contributed by atoms with E-state index in [2.05, 4.69) is 10.6 Å². The summed E-state index contributed by atoms with van der Waals surface area (Å²) >= 11 is 0. The van der Waals surface area contributed by atoms with E-state index in [0.29, 0.717) is 11.3 Å². The monoisotopic (exact) mass is 325 g/mol. The average Bonchev–Trinajstić information content (AvgIpc) is 2.60. The number of amides is 2. The predicted molar refractivity (Wildman–Crippen MR) is 95.4 cm³/mol. The van der Waals surface area contributed by atoms with Crippen LogP contribution in [0.1, 0.15) is 25.0 Å². The minimum Gasteiger partial charge on any atom is -0.345 e. The SMILES string of the molecule is CCc1cccc(NC(=O)CNC(=O)C(C)(N)c2ccccc2)c1. The van der Waals surface area contributed by atoms with Crippen molar-refractivity contribution in [1.29, 1.82) is 0 Å². The molecule has 0 fully saturated rings. The molecule has 2 rings (SSSR count). The quantitative estimate of drug-likeness (QED) is 0.761. The zero-order chi connectivity index (χ0) is 17.6. The molecule has 0 saturated heterocycles. The predicted octanol–water partition coefficient (Wildman–Crippen LogP) is 2.18. The van der Waals surface area contributed by atoms with Gasteiger partial charge in [-0.1, -0.05) is 49.4 Å². The first-order chi connectivity index (χ1) is 11.4. The van der Waals surface area contributed by atoms with Crippen LogP contribution < -0.4 is 16.4 Å². The van der Waals surface area contributed by atoms with Crippen LogP contribution in [-0.4, -0.2) is 18.4 Å². The number of hydrogen-bond acceptors (Lipinski definition) is 3. The number of aryl methyl sites for hydroxylation is 1. The largest absolute Gasteiger partial charge is 0.345 e. The zero-order valence-electron chi connectivity index (χ0n) is 14.0. The van der Waals surface area contributed by atoms with Gasteiger partial charge in [0.2, 0.25) is 11.8 Å². The van der Waals surface area contributed by atoms with Crippen molar-refractivity contribution in [3.05, 3.63) is 65.7 Å². The maximum atomic E-state index is 12.3. The molecule has 0 aromatic heterocycles. The number of carbonyl (C=O) groups is 2. The van der Waals surface area contributed by atoms with Crippen molar-refractivity contribution in [3.8, 4) is 0 Å². The lowest BCUT2D eigenvalue weighted by Gasteiger charge is -2.23. The second-order valence-electron chi connectivity index (χ2n) is 5.85. The first kappa shape index (κ1) is 17.7. The van der Waals surface area contributed by atoms with Crippen LogP contribution in [0, 0.1) is 0 Å². The number of hydrogen-bond donors (Lipinski definition) is 3. The summed E-state index contributed by atoms with van der Waals surface area (Å²) in [6.07, 6.45) is 0.892. The van der Waals surface area contributed by atoms with Gasteiger partial charge in [0.25, 0.3) is 0 Å². The van der Waals surface area contributed by atoms with Gasteiger partial charge in [0.05, 0.1) is 6.54 Å². The van der Waals surface area contributed by atoms with E-state index in [4.69, 9.17) is 5.73 Å². The number of benzene rings is 2. The molecule has 0 bridgehead atoms. The van der Waals surface area contributed by atoms with Gasteiger partial charge in [-0.3, -0.25) is 9.59 Å². The summed E-state index contributed by atoms with van der Waals surface area (Å²) in [5.41, 5.74) is 7.47. The van der Waals surface area contributed by atoms with Crippen molar-refractivity contribution in [2.45, 2.75) is 25.8 Å². The number of anilines is 1. The second-order valence-corrected chi connectivity index (χ2v) is 5.85. The highest BCUT2D eigenvalue weighted by Gasteiger charge is 2.30. The van der Waals surface area contributed by atoms with Gasteiger partial charge in [0.1, 0.15) is 5.54 Å². The molecule has 5 heteroatoms. The highest BCUT2D eigenvalue weighted by atomic mass is 16.2. The first-order valence-corrected chi connectivity index (χ1v) is 7.95. The highest BCUT2D eigenvalue weighted by Crippen LogP contribution is 2.17. The number of nitrogens with one attached hydrogen (secondary N) is 2. The van der Waals surface area contributed by atoms with Crippen LogP contribution in [0.25, 0.3) is 0 Å². The maximum absolute atomic E-state index is 12.3. The third-order valence-electron chi connectivity index (χ3n) is 3.87. The molecule has 0 aliphatic heterocycles. The van der Waals surface area contributed by atoms with Crippen molar-refractivity contribution < 1.29 is 9.59 Å². The van der Waals surface area contributed by atoms with Crippen LogP contribution in [0.2, 0.25) is 0 Å². The summed E-state index contributed by atoms with van der Waals surface area (Å²) in [7, 11) is 0. The van der Waals surface area contributed by atoms with Crippen molar-refractivity contribution in [1.82, 2.24) is 5.32 Å². The molecule has 0 aliphatic carbocycles. The second kappa shape index (κ2) is 7.75. The van der Waals surface area contributed by atoms with Gasteiger partial charge < -0.3 is 16.4 Å². The van der Waals surface area contributed by atoms with E-state index >= 15 is 0 Å². The van der Waals surface area contributed by atoms with Crippen LogP contribution in [0.4, 0.5) is 5.69 Å². The van der Waals surface area contributed by atoms with Crippen LogP contribution in [0.3, 0.4) is 0 Å². The Morgan fingerprint density at radius 2 is 1.79 bits per heavy atom. The van der Waals surface area contributed by atoms with Gasteiger partial charge in [0.15, 0.2) is 0 Å². The zero-order valence-corrected chi connectivity index (χ0v) is 14.0. The smallest absolute Gasteiger partial charge is 0.244 e. The Bertz CT molecular complexity index is 712. The minimum atomic E-state index is -1.19. The lowest BCUT2D eigenvalue weighted by atomic mass is 9.92. The van der Waals surface area contributed by atoms with E-state index < -0.39 is 11.4 Å². The Balaban J connectivity index is 1.92. The molecule has 0 saturated carbocycles. The summed E-state index contributed by atoms with van der Waals surface area (Å²) in [5, 5.41) is 5.36. The molecular formula is C19H23N3O2. The van der Waals surface area contributed by atoms with Crippen molar-refractivity contribution in [2.75, 3.05) is 11.9 Å². The molecule has 0 radical (unpaired) electrons. The fourth-order valence-electron chi connectivity index (χ4n) is 2.33. The highest BCUT2D eigenvalue weighted by molar-refractivity contribution is 5.96. The normalized spacial score (nSPS) is 13.0. The van der Waals surface area contributed by atoms with Gasteiger partial charge in [-0.2, -0.15) is 0 Å². The summed E-state index contributed by atoms with van der Waals surface area (Å²) in [5.74, 6) is -0.688. The van der Waals surface area contributed by atoms with Gasteiger partial charge >= 0.3 is 0 Å². The lowest BCUT2D eigenvalue weighted by molar-refractivity contribution is -0.128. The minimum absolute atomic E-state index is 0.130. The van der Waals surface area contributed by atoms with Gasteiger partial charge in [-0.05, 0) is 36.6 Å². The molecule has 0 aliphatic rings. The molecular weight excluding hydrogens is 302 g/mol. The first-order valence-electron chi connectivity index (χ1n) is 7.95. The molecule has 126 valence electrons. The molecule has 2 aromatic carbocycles. The Labute approximate surface area is 142 Å². The van der Waals surface area contributed by atoms with Crippen molar-refractivity contribution in [3.63, 3.8) is 0 Å². The fourth-order valence-corrected chi connectivity index (χ4v) is 2.33. The molecule has 2 aromatic rings. The van der Waals surface area contributed by atoms with E-state index in [-0.39, 0.29) is 12.5 Å². The Morgan fingerprint density at radius 3 is 2.46 bits per heavy atom. The summed E-state index contributed by atoms with van der Waals surface area (Å²) < 4.78 is 0. The maximum Gasteiger partial charge on any atom is 0.244 e. The summed E-state index contributed by atoms with van der Waals surface area (Å²) in [6.45, 7) is 3.54. The van der Waals surface area contributed by atoms with Gasteiger partial charge in [-0.15, -0.1) is 0 Å². The van der Waals surface area contributed by atoms with E-state index in [1.54, 1.807) is 19.1 Å². The van der Waals surface area contributed by atoms with E-state index in [0.717, 1.165) is 12.0 Å². The van der Waals surface area contributed by atoms with Crippen molar-refractivity contribution >= 4 is 17.5 Å². The Hall–Kier alpha value is -2.66. The Morgan fingerprint density at radius 1 is 1.08 bits per heavy atom.